The minimum absolute atomic E-state index is 0.0391. The molecule has 0 heterocycles. The normalized spacial score (nSPS) is 12.9. The number of carbonyl (C=O) groups excluding carboxylic acids is 2. The second-order valence-corrected chi connectivity index (χ2v) is 13.9. The lowest BCUT2D eigenvalue weighted by atomic mass is 10.1. The third-order valence-corrected chi connectivity index (χ3v) is 8.71. The van der Waals surface area contributed by atoms with Gasteiger partial charge in [0, 0.05) is 19.4 Å². The van der Waals surface area contributed by atoms with Gasteiger partial charge in [0.2, 0.25) is 0 Å². The summed E-state index contributed by atoms with van der Waals surface area (Å²) in [6.07, 6.45) is 53.4. The first-order chi connectivity index (χ1) is 25.6. The number of esters is 2. The van der Waals surface area contributed by atoms with E-state index in [2.05, 4.69) is 87.6 Å². The van der Waals surface area contributed by atoms with Crippen molar-refractivity contribution < 1.29 is 23.8 Å². The molecule has 0 aromatic rings. The quantitative estimate of drug-likeness (QED) is 0.0360. The molecule has 1 atom stereocenters. The monoisotopic (exact) mass is 725 g/mol. The largest absolute Gasteiger partial charge is 0.462 e. The van der Waals surface area contributed by atoms with E-state index in [0.29, 0.717) is 25.9 Å². The maximum atomic E-state index is 12.7. The van der Waals surface area contributed by atoms with E-state index in [1.165, 1.54) is 83.5 Å². The maximum absolute atomic E-state index is 12.7. The fourth-order valence-corrected chi connectivity index (χ4v) is 5.48. The SMILES string of the molecule is CC/C=C\C/C=C\C/C=C\C/C=C\CCC(=O)OCC(COCCCCCCCC/C=C\CCCC)OC(=O)CCCCCCC/C=C\CCCC. The Morgan fingerprint density at radius 2 is 0.904 bits per heavy atom. The molecule has 0 rings (SSSR count). The summed E-state index contributed by atoms with van der Waals surface area (Å²) in [6, 6.07) is 0. The predicted molar refractivity (Wildman–Crippen MR) is 224 cm³/mol. The van der Waals surface area contributed by atoms with Crippen LogP contribution in [0, 0.1) is 0 Å². The Labute approximate surface area is 321 Å². The molecule has 0 saturated heterocycles. The lowest BCUT2D eigenvalue weighted by Crippen LogP contribution is -2.30. The molecule has 0 aromatic carbocycles. The number of hydrogen-bond donors (Lipinski definition) is 0. The van der Waals surface area contributed by atoms with Gasteiger partial charge in [0.25, 0.3) is 0 Å². The standard InChI is InChI=1S/C47H80O5/c1-4-7-10-13-16-19-22-24-26-28-31-34-37-40-46(48)51-44-45(43-50-42-39-36-33-30-27-23-20-17-14-11-8-5-2)52-47(49)41-38-35-32-29-25-21-18-15-12-9-6-3/h7,10,14-19,24,26,31,34,45H,4-6,8-9,11-13,20-23,25,27-30,32-33,35-44H2,1-3H3/b10-7-,17-14-,18-15-,19-16-,26-24-,34-31-. The van der Waals surface area contributed by atoms with Gasteiger partial charge in [0.15, 0.2) is 6.10 Å². The van der Waals surface area contributed by atoms with E-state index in [0.717, 1.165) is 64.2 Å². The van der Waals surface area contributed by atoms with Crippen LogP contribution in [-0.4, -0.2) is 37.9 Å². The minimum atomic E-state index is -0.571. The molecule has 1 unspecified atom stereocenters. The summed E-state index contributed by atoms with van der Waals surface area (Å²) in [4.78, 5) is 25.1. The Morgan fingerprint density at radius 1 is 0.442 bits per heavy atom. The Morgan fingerprint density at radius 3 is 1.46 bits per heavy atom. The molecular formula is C47H80O5. The van der Waals surface area contributed by atoms with Gasteiger partial charge in [-0.15, -0.1) is 0 Å². The molecule has 0 aliphatic carbocycles. The molecule has 52 heavy (non-hydrogen) atoms. The highest BCUT2D eigenvalue weighted by atomic mass is 16.6. The summed E-state index contributed by atoms with van der Waals surface area (Å²) >= 11 is 0. The highest BCUT2D eigenvalue weighted by molar-refractivity contribution is 5.70. The molecule has 0 aromatic heterocycles. The van der Waals surface area contributed by atoms with Crippen LogP contribution in [0.3, 0.4) is 0 Å². The van der Waals surface area contributed by atoms with Gasteiger partial charge in [-0.05, 0) is 83.5 Å². The van der Waals surface area contributed by atoms with Crippen LogP contribution in [-0.2, 0) is 23.8 Å². The molecule has 0 bridgehead atoms. The molecule has 5 nitrogen and oxygen atoms in total. The van der Waals surface area contributed by atoms with Crippen LogP contribution in [0.2, 0.25) is 0 Å². The van der Waals surface area contributed by atoms with E-state index in [1.54, 1.807) is 0 Å². The van der Waals surface area contributed by atoms with Crippen LogP contribution in [0.5, 0.6) is 0 Å². The molecule has 0 N–H and O–H groups in total. The number of rotatable bonds is 38. The molecule has 0 radical (unpaired) electrons. The van der Waals surface area contributed by atoms with E-state index in [-0.39, 0.29) is 25.2 Å². The molecule has 0 spiro atoms. The third kappa shape index (κ3) is 40.1. The summed E-state index contributed by atoms with van der Waals surface area (Å²) < 4.78 is 17.2. The van der Waals surface area contributed by atoms with Gasteiger partial charge in [-0.1, -0.05) is 164 Å². The molecular weight excluding hydrogens is 645 g/mol. The van der Waals surface area contributed by atoms with Crippen LogP contribution < -0.4 is 0 Å². The first kappa shape index (κ1) is 49.3. The number of carbonyl (C=O) groups is 2. The third-order valence-electron chi connectivity index (χ3n) is 8.71. The fraction of sp³-hybridized carbons (Fsp3) is 0.702. The Kier molecular flexibility index (Phi) is 40.6. The van der Waals surface area contributed by atoms with Crippen molar-refractivity contribution in [3.8, 4) is 0 Å². The summed E-state index contributed by atoms with van der Waals surface area (Å²) in [5.41, 5.74) is 0. The van der Waals surface area contributed by atoms with Gasteiger partial charge in [0.05, 0.1) is 6.61 Å². The first-order valence-electron chi connectivity index (χ1n) is 21.5. The zero-order chi connectivity index (χ0) is 37.8. The van der Waals surface area contributed by atoms with Crippen LogP contribution in [0.4, 0.5) is 0 Å². The second kappa shape index (κ2) is 42.8. The summed E-state index contributed by atoms with van der Waals surface area (Å²) in [5, 5.41) is 0. The number of unbranched alkanes of at least 4 members (excludes halogenated alkanes) is 15. The molecule has 0 amide bonds. The lowest BCUT2D eigenvalue weighted by molar-refractivity contribution is -0.162. The van der Waals surface area contributed by atoms with Gasteiger partial charge in [0.1, 0.15) is 6.61 Å². The van der Waals surface area contributed by atoms with E-state index in [1.807, 2.05) is 6.08 Å². The van der Waals surface area contributed by atoms with Crippen molar-refractivity contribution in [3.05, 3.63) is 72.9 Å². The molecule has 0 aliphatic rings. The average Bonchev–Trinajstić information content (AvgIpc) is 3.14. The van der Waals surface area contributed by atoms with Crippen molar-refractivity contribution >= 4 is 11.9 Å². The van der Waals surface area contributed by atoms with Gasteiger partial charge < -0.3 is 14.2 Å². The van der Waals surface area contributed by atoms with Crippen molar-refractivity contribution in [2.45, 2.75) is 194 Å². The highest BCUT2D eigenvalue weighted by Gasteiger charge is 2.17. The summed E-state index contributed by atoms with van der Waals surface area (Å²) in [7, 11) is 0. The van der Waals surface area contributed by atoms with Gasteiger partial charge in [-0.2, -0.15) is 0 Å². The molecule has 0 saturated carbocycles. The van der Waals surface area contributed by atoms with Crippen molar-refractivity contribution in [3.63, 3.8) is 0 Å². The average molecular weight is 725 g/mol. The van der Waals surface area contributed by atoms with Crippen molar-refractivity contribution in [2.75, 3.05) is 19.8 Å². The van der Waals surface area contributed by atoms with E-state index in [9.17, 15) is 9.59 Å². The van der Waals surface area contributed by atoms with Crippen LogP contribution in [0.1, 0.15) is 188 Å². The molecule has 0 aliphatic heterocycles. The van der Waals surface area contributed by atoms with Crippen molar-refractivity contribution in [1.29, 1.82) is 0 Å². The lowest BCUT2D eigenvalue weighted by Gasteiger charge is -2.18. The van der Waals surface area contributed by atoms with Crippen LogP contribution >= 0.6 is 0 Å². The van der Waals surface area contributed by atoms with Gasteiger partial charge >= 0.3 is 11.9 Å². The fourth-order valence-electron chi connectivity index (χ4n) is 5.48. The van der Waals surface area contributed by atoms with Gasteiger partial charge in [-0.3, -0.25) is 9.59 Å². The molecule has 5 heteroatoms. The zero-order valence-corrected chi connectivity index (χ0v) is 34.1. The topological polar surface area (TPSA) is 61.8 Å². The Bertz CT molecular complexity index is 957. The van der Waals surface area contributed by atoms with Crippen LogP contribution in [0.15, 0.2) is 72.9 Å². The number of allylic oxidation sites excluding steroid dienone is 12. The molecule has 0 fully saturated rings. The van der Waals surface area contributed by atoms with Gasteiger partial charge in [-0.25, -0.2) is 0 Å². The maximum Gasteiger partial charge on any atom is 0.306 e. The Balaban J connectivity index is 4.38. The number of ether oxygens (including phenoxy) is 3. The van der Waals surface area contributed by atoms with Crippen molar-refractivity contribution in [1.82, 2.24) is 0 Å². The first-order valence-corrected chi connectivity index (χ1v) is 21.5. The zero-order valence-electron chi connectivity index (χ0n) is 34.1. The molecule has 298 valence electrons. The van der Waals surface area contributed by atoms with E-state index in [4.69, 9.17) is 14.2 Å². The van der Waals surface area contributed by atoms with Crippen molar-refractivity contribution in [2.24, 2.45) is 0 Å². The summed E-state index contributed by atoms with van der Waals surface area (Å²) in [6.45, 7) is 7.52. The highest BCUT2D eigenvalue weighted by Crippen LogP contribution is 2.12. The summed E-state index contributed by atoms with van der Waals surface area (Å²) in [5.74, 6) is -0.510. The predicted octanol–water partition coefficient (Wildman–Crippen LogP) is 14.0. The Hall–Kier alpha value is -2.66. The van der Waals surface area contributed by atoms with E-state index < -0.39 is 6.10 Å². The second-order valence-electron chi connectivity index (χ2n) is 13.9. The smallest absolute Gasteiger partial charge is 0.306 e. The number of hydrogen-bond acceptors (Lipinski definition) is 5. The minimum Gasteiger partial charge on any atom is -0.462 e. The van der Waals surface area contributed by atoms with Crippen LogP contribution in [0.25, 0.3) is 0 Å². The van der Waals surface area contributed by atoms with E-state index >= 15 is 0 Å².